The smallest absolute Gasteiger partial charge is 0.0233 e. The second-order valence-electron chi connectivity index (χ2n) is 6.02. The van der Waals surface area contributed by atoms with Crippen molar-refractivity contribution in [2.45, 2.75) is 44.1 Å². The van der Waals surface area contributed by atoms with E-state index >= 15 is 0 Å². The molecule has 98 valence electrons. The average molecular weight is 244 g/mol. The van der Waals surface area contributed by atoms with E-state index in [1.54, 1.807) is 0 Å². The van der Waals surface area contributed by atoms with Crippen LogP contribution in [0.3, 0.4) is 0 Å². The van der Waals surface area contributed by atoms with Crippen LogP contribution >= 0.6 is 0 Å². The van der Waals surface area contributed by atoms with Crippen molar-refractivity contribution in [3.8, 4) is 0 Å². The van der Waals surface area contributed by atoms with Gasteiger partial charge >= 0.3 is 0 Å². The first-order chi connectivity index (χ1) is 8.82. The number of hydrogen-bond donors (Lipinski definition) is 1. The van der Waals surface area contributed by atoms with E-state index in [0.717, 1.165) is 13.1 Å². The molecule has 2 heteroatoms. The molecule has 1 aromatic carbocycles. The van der Waals surface area contributed by atoms with Gasteiger partial charge in [0.25, 0.3) is 0 Å². The largest absolute Gasteiger partial charge is 0.330 e. The summed E-state index contributed by atoms with van der Waals surface area (Å²) in [6.45, 7) is 4.47. The van der Waals surface area contributed by atoms with Gasteiger partial charge in [-0.15, -0.1) is 0 Å². The van der Waals surface area contributed by atoms with Gasteiger partial charge in [-0.1, -0.05) is 30.7 Å². The minimum Gasteiger partial charge on any atom is -0.330 e. The molecular weight excluding hydrogens is 220 g/mol. The quantitative estimate of drug-likeness (QED) is 0.882. The highest BCUT2D eigenvalue weighted by molar-refractivity contribution is 5.31. The third kappa shape index (κ3) is 2.19. The molecule has 1 aliphatic heterocycles. The molecule has 1 saturated heterocycles. The molecular formula is C16H24N2. The molecule has 18 heavy (non-hydrogen) atoms. The number of nitrogens with two attached hydrogens (primary N) is 1. The number of nitrogens with zero attached hydrogens (tertiary/aromatic N) is 1. The number of rotatable bonds is 4. The van der Waals surface area contributed by atoms with Crippen molar-refractivity contribution in [1.29, 1.82) is 0 Å². The van der Waals surface area contributed by atoms with Gasteiger partial charge in [-0.05, 0) is 49.9 Å². The average Bonchev–Trinajstić information content (AvgIpc) is 2.83. The Morgan fingerprint density at radius 2 is 1.67 bits per heavy atom. The monoisotopic (exact) mass is 244 g/mol. The maximum Gasteiger partial charge on any atom is 0.0233 e. The van der Waals surface area contributed by atoms with Crippen LogP contribution in [0.4, 0.5) is 0 Å². The summed E-state index contributed by atoms with van der Waals surface area (Å²) in [6.07, 6.45) is 6.62. The second-order valence-corrected chi connectivity index (χ2v) is 6.02. The molecule has 1 aromatic rings. The van der Waals surface area contributed by atoms with Crippen LogP contribution in [-0.2, 0) is 12.0 Å². The molecule has 0 amide bonds. The van der Waals surface area contributed by atoms with Crippen LogP contribution in [0, 0.1) is 0 Å². The van der Waals surface area contributed by atoms with Gasteiger partial charge in [0.1, 0.15) is 0 Å². The summed E-state index contributed by atoms with van der Waals surface area (Å²) in [4.78, 5) is 2.55. The fourth-order valence-corrected chi connectivity index (χ4v) is 3.38. The molecule has 0 aromatic heterocycles. The van der Waals surface area contributed by atoms with Crippen molar-refractivity contribution in [2.75, 3.05) is 19.6 Å². The van der Waals surface area contributed by atoms with E-state index in [9.17, 15) is 0 Å². The first-order valence-corrected chi connectivity index (χ1v) is 7.34. The van der Waals surface area contributed by atoms with Gasteiger partial charge in [-0.25, -0.2) is 0 Å². The van der Waals surface area contributed by atoms with E-state index in [-0.39, 0.29) is 0 Å². The first kappa shape index (κ1) is 12.2. The lowest BCUT2D eigenvalue weighted by molar-refractivity contribution is 0.253. The van der Waals surface area contributed by atoms with E-state index < -0.39 is 0 Å². The lowest BCUT2D eigenvalue weighted by Crippen LogP contribution is -2.41. The van der Waals surface area contributed by atoms with E-state index in [1.807, 2.05) is 0 Å². The van der Waals surface area contributed by atoms with Crippen molar-refractivity contribution in [3.05, 3.63) is 35.4 Å². The standard InChI is InChI=1S/C16H24N2/c17-13-16(8-3-9-16)15-6-4-14(5-7-15)12-18-10-1-2-11-18/h4-7H,1-3,8-13,17H2. The molecule has 2 N–H and O–H groups in total. The second kappa shape index (κ2) is 5.02. The van der Waals surface area contributed by atoms with E-state index in [0.29, 0.717) is 5.41 Å². The molecule has 0 bridgehead atoms. The highest BCUT2D eigenvalue weighted by Gasteiger charge is 2.36. The Morgan fingerprint density at radius 1 is 1.00 bits per heavy atom. The molecule has 0 unspecified atom stereocenters. The Balaban J connectivity index is 1.68. The Labute approximate surface area is 110 Å². The zero-order valence-electron chi connectivity index (χ0n) is 11.2. The summed E-state index contributed by atoms with van der Waals surface area (Å²) in [5.41, 5.74) is 9.19. The number of likely N-dealkylation sites (tertiary alicyclic amines) is 1. The maximum atomic E-state index is 5.96. The van der Waals surface area contributed by atoms with Crippen LogP contribution in [0.2, 0.25) is 0 Å². The summed E-state index contributed by atoms with van der Waals surface area (Å²) < 4.78 is 0. The molecule has 1 saturated carbocycles. The van der Waals surface area contributed by atoms with Crippen LogP contribution in [0.1, 0.15) is 43.2 Å². The molecule has 0 spiro atoms. The Morgan fingerprint density at radius 3 is 2.17 bits per heavy atom. The summed E-state index contributed by atoms with van der Waals surface area (Å²) in [5.74, 6) is 0. The van der Waals surface area contributed by atoms with Gasteiger partial charge in [-0.2, -0.15) is 0 Å². The fourth-order valence-electron chi connectivity index (χ4n) is 3.38. The lowest BCUT2D eigenvalue weighted by Gasteiger charge is -2.41. The molecule has 0 atom stereocenters. The molecule has 1 heterocycles. The molecule has 1 aliphatic carbocycles. The minimum absolute atomic E-state index is 0.312. The minimum atomic E-state index is 0.312. The number of benzene rings is 1. The van der Waals surface area contributed by atoms with Crippen molar-refractivity contribution >= 4 is 0 Å². The van der Waals surface area contributed by atoms with Gasteiger partial charge < -0.3 is 5.73 Å². The van der Waals surface area contributed by atoms with E-state index in [2.05, 4.69) is 29.2 Å². The van der Waals surface area contributed by atoms with Gasteiger partial charge in [0.05, 0.1) is 0 Å². The summed E-state index contributed by atoms with van der Waals surface area (Å²) in [5, 5.41) is 0. The Kier molecular flexibility index (Phi) is 3.40. The fraction of sp³-hybridized carbons (Fsp3) is 0.625. The summed E-state index contributed by atoms with van der Waals surface area (Å²) in [7, 11) is 0. The van der Waals surface area contributed by atoms with Crippen molar-refractivity contribution < 1.29 is 0 Å². The van der Waals surface area contributed by atoms with Crippen LogP contribution < -0.4 is 5.73 Å². The van der Waals surface area contributed by atoms with Crippen LogP contribution in [0.5, 0.6) is 0 Å². The van der Waals surface area contributed by atoms with Gasteiger partial charge in [0, 0.05) is 18.5 Å². The first-order valence-electron chi connectivity index (χ1n) is 7.34. The normalized spacial score (nSPS) is 22.9. The highest BCUT2D eigenvalue weighted by Crippen LogP contribution is 2.42. The maximum absolute atomic E-state index is 5.96. The van der Waals surface area contributed by atoms with Crippen LogP contribution in [0.25, 0.3) is 0 Å². The number of hydrogen-bond acceptors (Lipinski definition) is 2. The zero-order chi connectivity index (χ0) is 12.4. The van der Waals surface area contributed by atoms with Gasteiger partial charge in [-0.3, -0.25) is 4.90 Å². The zero-order valence-corrected chi connectivity index (χ0v) is 11.2. The molecule has 2 aliphatic rings. The third-order valence-corrected chi connectivity index (χ3v) is 4.87. The highest BCUT2D eigenvalue weighted by atomic mass is 15.1. The molecule has 3 rings (SSSR count). The van der Waals surface area contributed by atoms with Crippen molar-refractivity contribution in [3.63, 3.8) is 0 Å². The van der Waals surface area contributed by atoms with Crippen LogP contribution in [-0.4, -0.2) is 24.5 Å². The predicted octanol–water partition coefficient (Wildman–Crippen LogP) is 2.66. The lowest BCUT2D eigenvalue weighted by atomic mass is 9.64. The third-order valence-electron chi connectivity index (χ3n) is 4.87. The molecule has 2 fully saturated rings. The van der Waals surface area contributed by atoms with Gasteiger partial charge in [0.2, 0.25) is 0 Å². The molecule has 0 radical (unpaired) electrons. The SMILES string of the molecule is NCC1(c2ccc(CN3CCCC3)cc2)CCC1. The van der Waals surface area contributed by atoms with Crippen LogP contribution in [0.15, 0.2) is 24.3 Å². The Hall–Kier alpha value is -0.860. The van der Waals surface area contributed by atoms with Gasteiger partial charge in [0.15, 0.2) is 0 Å². The van der Waals surface area contributed by atoms with Crippen molar-refractivity contribution in [1.82, 2.24) is 4.90 Å². The Bertz CT molecular complexity index is 381. The predicted molar refractivity (Wildman–Crippen MR) is 75.5 cm³/mol. The topological polar surface area (TPSA) is 29.3 Å². The van der Waals surface area contributed by atoms with Crippen molar-refractivity contribution in [2.24, 2.45) is 5.73 Å². The summed E-state index contributed by atoms with van der Waals surface area (Å²) >= 11 is 0. The van der Waals surface area contributed by atoms with E-state index in [4.69, 9.17) is 5.73 Å². The van der Waals surface area contributed by atoms with E-state index in [1.165, 1.54) is 56.3 Å². The molecule has 2 nitrogen and oxygen atoms in total. The summed E-state index contributed by atoms with van der Waals surface area (Å²) in [6, 6.07) is 9.25.